The Hall–Kier alpha value is -2.01. The molecule has 0 saturated heterocycles. The Bertz CT molecular complexity index is 430. The molecule has 98 valence electrons. The summed E-state index contributed by atoms with van der Waals surface area (Å²) >= 11 is 0. The maximum Gasteiger partial charge on any atom is 0.233 e. The molecular weight excluding hydrogens is 232 g/mol. The van der Waals surface area contributed by atoms with Crippen molar-refractivity contribution in [3.05, 3.63) is 29.8 Å². The highest BCUT2D eigenvalue weighted by atomic mass is 16.5. The number of phenols is 1. The maximum atomic E-state index is 10.9. The van der Waals surface area contributed by atoms with Gasteiger partial charge in [-0.15, -0.1) is 0 Å². The number of benzene rings is 1. The Morgan fingerprint density at radius 3 is 3.00 bits per heavy atom. The molecule has 0 bridgehead atoms. The third-order valence-electron chi connectivity index (χ3n) is 2.48. The SMILES string of the molecule is COc1cccc(O)c1/C=C/CCCC(=O)NN. The predicted octanol–water partition coefficient (Wildman–Crippen LogP) is 1.57. The lowest BCUT2D eigenvalue weighted by molar-refractivity contribution is -0.121. The molecule has 1 aromatic rings. The number of phenolic OH excluding ortho intramolecular Hbond substituents is 1. The number of hydrazine groups is 1. The van der Waals surface area contributed by atoms with Gasteiger partial charge >= 0.3 is 0 Å². The zero-order valence-electron chi connectivity index (χ0n) is 10.3. The predicted molar refractivity (Wildman–Crippen MR) is 69.9 cm³/mol. The molecule has 0 aromatic heterocycles. The summed E-state index contributed by atoms with van der Waals surface area (Å²) in [6, 6.07) is 5.10. The largest absolute Gasteiger partial charge is 0.507 e. The average Bonchev–Trinajstić information content (AvgIpc) is 2.39. The lowest BCUT2D eigenvalue weighted by atomic mass is 10.1. The van der Waals surface area contributed by atoms with Gasteiger partial charge in [-0.25, -0.2) is 5.84 Å². The Balaban J connectivity index is 2.54. The Morgan fingerprint density at radius 1 is 1.56 bits per heavy atom. The highest BCUT2D eigenvalue weighted by Crippen LogP contribution is 2.28. The second-order valence-corrected chi connectivity index (χ2v) is 3.76. The van der Waals surface area contributed by atoms with Crippen LogP contribution < -0.4 is 16.0 Å². The van der Waals surface area contributed by atoms with Crippen LogP contribution in [0.4, 0.5) is 0 Å². The zero-order valence-corrected chi connectivity index (χ0v) is 10.3. The molecule has 4 N–H and O–H groups in total. The molecule has 0 saturated carbocycles. The third-order valence-corrected chi connectivity index (χ3v) is 2.48. The van der Waals surface area contributed by atoms with Crippen LogP contribution >= 0.6 is 0 Å². The number of nitrogens with one attached hydrogen (secondary N) is 1. The fourth-order valence-electron chi connectivity index (χ4n) is 1.53. The van der Waals surface area contributed by atoms with Crippen LogP contribution in [0.2, 0.25) is 0 Å². The second-order valence-electron chi connectivity index (χ2n) is 3.76. The summed E-state index contributed by atoms with van der Waals surface area (Å²) in [6.45, 7) is 0. The fourth-order valence-corrected chi connectivity index (χ4v) is 1.53. The number of unbranched alkanes of at least 4 members (excludes halogenated alkanes) is 1. The van der Waals surface area contributed by atoms with Gasteiger partial charge in [-0.05, 0) is 25.0 Å². The van der Waals surface area contributed by atoms with Gasteiger partial charge in [-0.1, -0.05) is 18.2 Å². The van der Waals surface area contributed by atoms with E-state index in [-0.39, 0.29) is 11.7 Å². The topological polar surface area (TPSA) is 84.6 Å². The van der Waals surface area contributed by atoms with Crippen molar-refractivity contribution in [3.8, 4) is 11.5 Å². The summed E-state index contributed by atoms with van der Waals surface area (Å²) in [4.78, 5) is 10.9. The molecule has 0 aliphatic rings. The molecule has 0 radical (unpaired) electrons. The minimum absolute atomic E-state index is 0.172. The van der Waals surface area contributed by atoms with Crippen LogP contribution in [-0.4, -0.2) is 18.1 Å². The molecule has 0 aliphatic carbocycles. The average molecular weight is 250 g/mol. The fraction of sp³-hybridized carbons (Fsp3) is 0.308. The van der Waals surface area contributed by atoms with Gasteiger partial charge in [0.15, 0.2) is 0 Å². The number of nitrogens with two attached hydrogens (primary N) is 1. The number of ether oxygens (including phenoxy) is 1. The molecule has 1 rings (SSSR count). The number of methoxy groups -OCH3 is 1. The van der Waals surface area contributed by atoms with Gasteiger partial charge in [0.25, 0.3) is 0 Å². The van der Waals surface area contributed by atoms with Crippen LogP contribution in [-0.2, 0) is 4.79 Å². The van der Waals surface area contributed by atoms with Crippen molar-refractivity contribution in [3.63, 3.8) is 0 Å². The molecule has 0 spiro atoms. The van der Waals surface area contributed by atoms with Gasteiger partial charge in [-0.3, -0.25) is 10.2 Å². The number of aromatic hydroxyl groups is 1. The first-order valence-electron chi connectivity index (χ1n) is 5.71. The van der Waals surface area contributed by atoms with E-state index in [9.17, 15) is 9.90 Å². The van der Waals surface area contributed by atoms with Crippen molar-refractivity contribution in [2.75, 3.05) is 7.11 Å². The number of amides is 1. The summed E-state index contributed by atoms with van der Waals surface area (Å²) in [6.07, 6.45) is 5.50. The van der Waals surface area contributed by atoms with E-state index in [1.807, 2.05) is 6.08 Å². The number of carbonyl (C=O) groups excluding carboxylic acids is 1. The van der Waals surface area contributed by atoms with E-state index in [2.05, 4.69) is 5.43 Å². The van der Waals surface area contributed by atoms with Gasteiger partial charge in [0.05, 0.1) is 12.7 Å². The molecule has 1 aromatic carbocycles. The number of hydrogen-bond donors (Lipinski definition) is 3. The van der Waals surface area contributed by atoms with E-state index in [0.717, 1.165) is 6.42 Å². The van der Waals surface area contributed by atoms with Crippen molar-refractivity contribution >= 4 is 12.0 Å². The number of rotatable bonds is 6. The maximum absolute atomic E-state index is 10.9. The smallest absolute Gasteiger partial charge is 0.233 e. The van der Waals surface area contributed by atoms with Gasteiger partial charge in [0.1, 0.15) is 11.5 Å². The van der Waals surface area contributed by atoms with Crippen LogP contribution in [0.1, 0.15) is 24.8 Å². The molecule has 0 unspecified atom stereocenters. The Labute approximate surface area is 106 Å². The molecule has 0 fully saturated rings. The van der Waals surface area contributed by atoms with Crippen LogP contribution in [0, 0.1) is 0 Å². The highest BCUT2D eigenvalue weighted by Gasteiger charge is 2.03. The molecule has 18 heavy (non-hydrogen) atoms. The first-order chi connectivity index (χ1) is 8.69. The van der Waals surface area contributed by atoms with E-state index >= 15 is 0 Å². The molecule has 5 nitrogen and oxygen atoms in total. The molecule has 0 heterocycles. The van der Waals surface area contributed by atoms with Crippen LogP contribution in [0.3, 0.4) is 0 Å². The number of carbonyl (C=O) groups is 1. The second kappa shape index (κ2) is 7.34. The molecule has 0 aliphatic heterocycles. The van der Waals surface area contributed by atoms with Gasteiger partial charge in [0, 0.05) is 6.42 Å². The van der Waals surface area contributed by atoms with Crippen molar-refractivity contribution in [2.24, 2.45) is 5.84 Å². The van der Waals surface area contributed by atoms with Crippen molar-refractivity contribution in [1.29, 1.82) is 0 Å². The first-order valence-corrected chi connectivity index (χ1v) is 5.71. The normalized spacial score (nSPS) is 10.6. The Morgan fingerprint density at radius 2 is 2.33 bits per heavy atom. The van der Waals surface area contributed by atoms with E-state index in [0.29, 0.717) is 24.2 Å². The summed E-state index contributed by atoms with van der Waals surface area (Å²) < 4.78 is 5.15. The van der Waals surface area contributed by atoms with E-state index in [4.69, 9.17) is 10.6 Å². The van der Waals surface area contributed by atoms with Crippen molar-refractivity contribution in [2.45, 2.75) is 19.3 Å². The van der Waals surface area contributed by atoms with Gasteiger partial charge in [-0.2, -0.15) is 0 Å². The summed E-state index contributed by atoms with van der Waals surface area (Å²) in [5, 5.41) is 9.69. The van der Waals surface area contributed by atoms with E-state index in [1.54, 1.807) is 31.4 Å². The minimum Gasteiger partial charge on any atom is -0.507 e. The first kappa shape index (κ1) is 14.1. The lowest BCUT2D eigenvalue weighted by Crippen LogP contribution is -2.29. The molecule has 5 heteroatoms. The quantitative estimate of drug-likeness (QED) is 0.310. The lowest BCUT2D eigenvalue weighted by Gasteiger charge is -2.06. The van der Waals surface area contributed by atoms with Crippen molar-refractivity contribution < 1.29 is 14.6 Å². The minimum atomic E-state index is -0.177. The van der Waals surface area contributed by atoms with Gasteiger partial charge < -0.3 is 9.84 Å². The molecular formula is C13H18N2O3. The molecule has 1 amide bonds. The summed E-state index contributed by atoms with van der Waals surface area (Å²) in [7, 11) is 1.55. The van der Waals surface area contributed by atoms with Crippen LogP contribution in [0.25, 0.3) is 6.08 Å². The zero-order chi connectivity index (χ0) is 13.4. The van der Waals surface area contributed by atoms with Crippen molar-refractivity contribution in [1.82, 2.24) is 5.43 Å². The third kappa shape index (κ3) is 4.10. The van der Waals surface area contributed by atoms with Gasteiger partial charge in [0.2, 0.25) is 5.91 Å². The number of hydrogen-bond acceptors (Lipinski definition) is 4. The van der Waals surface area contributed by atoms with Crippen LogP contribution in [0.15, 0.2) is 24.3 Å². The number of allylic oxidation sites excluding steroid dienone is 1. The van der Waals surface area contributed by atoms with E-state index in [1.165, 1.54) is 0 Å². The van der Waals surface area contributed by atoms with E-state index < -0.39 is 0 Å². The standard InChI is InChI=1S/C13H18N2O3/c1-18-12-8-5-7-11(16)10(12)6-3-2-4-9-13(17)15-14/h3,5-8,16H,2,4,9,14H2,1H3,(H,15,17)/b6-3+. The highest BCUT2D eigenvalue weighted by molar-refractivity contribution is 5.75. The molecule has 0 atom stereocenters. The van der Waals surface area contributed by atoms with Crippen LogP contribution in [0.5, 0.6) is 11.5 Å². The Kier molecular flexibility index (Phi) is 5.73. The monoisotopic (exact) mass is 250 g/mol. The summed E-state index contributed by atoms with van der Waals surface area (Å²) in [5.41, 5.74) is 2.72. The summed E-state index contributed by atoms with van der Waals surface area (Å²) in [5.74, 6) is 5.58.